The second-order valence-corrected chi connectivity index (χ2v) is 4.53. The molecule has 0 atom stereocenters. The standard InChI is InChI=1S/C13H25NOS/c1-3-14-10-8-6-4-5-7-9-11-15-12-13(2)16/h3,14,16H,1-2,4-12H2. The number of nitrogens with one attached hydrogen (secondary N) is 1. The van der Waals surface area contributed by atoms with Gasteiger partial charge in [0.25, 0.3) is 0 Å². The predicted octanol–water partition coefficient (Wildman–Crippen LogP) is 3.52. The van der Waals surface area contributed by atoms with Crippen molar-refractivity contribution in [1.82, 2.24) is 5.32 Å². The van der Waals surface area contributed by atoms with Gasteiger partial charge in [0.15, 0.2) is 0 Å². The van der Waals surface area contributed by atoms with Crippen LogP contribution in [0.1, 0.15) is 38.5 Å². The number of unbranched alkanes of at least 4 members (excludes halogenated alkanes) is 5. The van der Waals surface area contributed by atoms with Crippen molar-refractivity contribution in [3.63, 3.8) is 0 Å². The molecule has 1 N–H and O–H groups in total. The molecule has 0 aliphatic heterocycles. The molecule has 0 aliphatic carbocycles. The van der Waals surface area contributed by atoms with Crippen LogP contribution >= 0.6 is 12.6 Å². The molecular formula is C13H25NOS. The van der Waals surface area contributed by atoms with Crippen LogP contribution in [0.15, 0.2) is 24.3 Å². The third-order valence-electron chi connectivity index (χ3n) is 2.27. The Morgan fingerprint density at radius 1 is 1.12 bits per heavy atom. The first-order valence-corrected chi connectivity index (χ1v) is 6.51. The van der Waals surface area contributed by atoms with Crippen LogP contribution in [-0.4, -0.2) is 19.8 Å². The van der Waals surface area contributed by atoms with E-state index >= 15 is 0 Å². The van der Waals surface area contributed by atoms with E-state index in [9.17, 15) is 0 Å². The highest BCUT2D eigenvalue weighted by Crippen LogP contribution is 2.05. The van der Waals surface area contributed by atoms with Crippen molar-refractivity contribution in [3.8, 4) is 0 Å². The van der Waals surface area contributed by atoms with Crippen LogP contribution in [0.3, 0.4) is 0 Å². The van der Waals surface area contributed by atoms with Crippen LogP contribution in [0.5, 0.6) is 0 Å². The van der Waals surface area contributed by atoms with Crippen LogP contribution < -0.4 is 5.32 Å². The summed E-state index contributed by atoms with van der Waals surface area (Å²) in [5.74, 6) is 0. The van der Waals surface area contributed by atoms with Gasteiger partial charge in [-0.2, -0.15) is 0 Å². The van der Waals surface area contributed by atoms with E-state index in [4.69, 9.17) is 4.74 Å². The molecule has 0 saturated heterocycles. The Bertz CT molecular complexity index is 183. The Hall–Kier alpha value is -0.410. The molecule has 0 aromatic carbocycles. The molecule has 3 heteroatoms. The van der Waals surface area contributed by atoms with E-state index in [1.807, 2.05) is 0 Å². The molecule has 0 aromatic heterocycles. The average molecular weight is 243 g/mol. The summed E-state index contributed by atoms with van der Waals surface area (Å²) in [5, 5.41) is 3.11. The minimum absolute atomic E-state index is 0.580. The summed E-state index contributed by atoms with van der Waals surface area (Å²) in [5.41, 5.74) is 0. The summed E-state index contributed by atoms with van der Waals surface area (Å²) < 4.78 is 5.36. The van der Waals surface area contributed by atoms with Crippen LogP contribution in [0.4, 0.5) is 0 Å². The maximum Gasteiger partial charge on any atom is 0.0766 e. The second-order valence-electron chi connectivity index (χ2n) is 3.90. The van der Waals surface area contributed by atoms with Gasteiger partial charge in [-0.25, -0.2) is 0 Å². The van der Waals surface area contributed by atoms with E-state index in [-0.39, 0.29) is 0 Å². The minimum Gasteiger partial charge on any atom is -0.391 e. The van der Waals surface area contributed by atoms with Gasteiger partial charge in [0.2, 0.25) is 0 Å². The fraction of sp³-hybridized carbons (Fsp3) is 0.692. The minimum atomic E-state index is 0.580. The van der Waals surface area contributed by atoms with Gasteiger partial charge in [-0.3, -0.25) is 0 Å². The van der Waals surface area contributed by atoms with Gasteiger partial charge in [0.1, 0.15) is 0 Å². The Balaban J connectivity index is 2.93. The summed E-state index contributed by atoms with van der Waals surface area (Å²) in [6.07, 6.45) is 9.32. The fourth-order valence-corrected chi connectivity index (χ4v) is 1.52. The molecule has 94 valence electrons. The normalized spacial score (nSPS) is 10.1. The maximum atomic E-state index is 5.36. The number of thiol groups is 1. The topological polar surface area (TPSA) is 21.3 Å². The highest BCUT2D eigenvalue weighted by atomic mass is 32.1. The largest absolute Gasteiger partial charge is 0.391 e. The second kappa shape index (κ2) is 12.7. The smallest absolute Gasteiger partial charge is 0.0766 e. The lowest BCUT2D eigenvalue weighted by Crippen LogP contribution is -2.05. The molecule has 0 unspecified atom stereocenters. The van der Waals surface area contributed by atoms with Crippen molar-refractivity contribution >= 4 is 12.6 Å². The quantitative estimate of drug-likeness (QED) is 0.404. The molecule has 16 heavy (non-hydrogen) atoms. The van der Waals surface area contributed by atoms with Gasteiger partial charge < -0.3 is 10.1 Å². The monoisotopic (exact) mass is 243 g/mol. The van der Waals surface area contributed by atoms with Crippen LogP contribution in [0.2, 0.25) is 0 Å². The Morgan fingerprint density at radius 3 is 2.38 bits per heavy atom. The third-order valence-corrected chi connectivity index (χ3v) is 2.40. The van der Waals surface area contributed by atoms with Crippen molar-refractivity contribution in [1.29, 1.82) is 0 Å². The number of rotatable bonds is 12. The lowest BCUT2D eigenvalue weighted by atomic mass is 10.1. The molecular weight excluding hydrogens is 218 g/mol. The molecule has 0 rings (SSSR count). The first-order chi connectivity index (χ1) is 7.77. The van der Waals surface area contributed by atoms with E-state index in [2.05, 4.69) is 31.1 Å². The molecule has 0 saturated carbocycles. The highest BCUT2D eigenvalue weighted by molar-refractivity contribution is 7.84. The van der Waals surface area contributed by atoms with Gasteiger partial charge in [0, 0.05) is 18.1 Å². The van der Waals surface area contributed by atoms with Gasteiger partial charge in [-0.05, 0) is 19.0 Å². The SMILES string of the molecule is C=CNCCCCCCCCOCC(=C)S. The van der Waals surface area contributed by atoms with Crippen LogP contribution in [-0.2, 0) is 4.74 Å². The summed E-state index contributed by atoms with van der Waals surface area (Å²) in [6, 6.07) is 0. The highest BCUT2D eigenvalue weighted by Gasteiger charge is 1.92. The van der Waals surface area contributed by atoms with Crippen molar-refractivity contribution < 1.29 is 4.74 Å². The molecule has 0 spiro atoms. The Labute approximate surface area is 106 Å². The number of ether oxygens (including phenoxy) is 1. The zero-order valence-electron chi connectivity index (χ0n) is 10.2. The van der Waals surface area contributed by atoms with Gasteiger partial charge in [-0.15, -0.1) is 12.6 Å². The molecule has 2 nitrogen and oxygen atoms in total. The molecule has 0 aromatic rings. The van der Waals surface area contributed by atoms with Gasteiger partial charge >= 0.3 is 0 Å². The summed E-state index contributed by atoms with van der Waals surface area (Å²) >= 11 is 4.06. The molecule has 0 heterocycles. The summed E-state index contributed by atoms with van der Waals surface area (Å²) in [6.45, 7) is 9.74. The molecule has 0 fully saturated rings. The van der Waals surface area contributed by atoms with Crippen molar-refractivity contribution in [2.45, 2.75) is 38.5 Å². The molecule has 0 aliphatic rings. The van der Waals surface area contributed by atoms with Crippen LogP contribution in [0, 0.1) is 0 Å². The van der Waals surface area contributed by atoms with E-state index in [1.54, 1.807) is 6.20 Å². The van der Waals surface area contributed by atoms with Gasteiger partial charge in [0.05, 0.1) is 6.61 Å². The van der Waals surface area contributed by atoms with Crippen molar-refractivity contribution in [3.05, 3.63) is 24.3 Å². The zero-order chi connectivity index (χ0) is 12.1. The lowest BCUT2D eigenvalue weighted by molar-refractivity contribution is 0.155. The Morgan fingerprint density at radius 2 is 1.75 bits per heavy atom. The van der Waals surface area contributed by atoms with Crippen molar-refractivity contribution in [2.75, 3.05) is 19.8 Å². The lowest BCUT2D eigenvalue weighted by Gasteiger charge is -2.04. The van der Waals surface area contributed by atoms with Gasteiger partial charge in [-0.1, -0.05) is 38.8 Å². The fourth-order valence-electron chi connectivity index (χ4n) is 1.43. The van der Waals surface area contributed by atoms with E-state index in [0.29, 0.717) is 6.61 Å². The van der Waals surface area contributed by atoms with E-state index in [1.165, 1.54) is 32.1 Å². The van der Waals surface area contributed by atoms with E-state index < -0.39 is 0 Å². The predicted molar refractivity (Wildman–Crippen MR) is 74.8 cm³/mol. The maximum absolute atomic E-state index is 5.36. The Kier molecular flexibility index (Phi) is 12.3. The molecule has 0 radical (unpaired) electrons. The third kappa shape index (κ3) is 13.6. The van der Waals surface area contributed by atoms with E-state index in [0.717, 1.165) is 24.5 Å². The zero-order valence-corrected chi connectivity index (χ0v) is 11.1. The summed E-state index contributed by atoms with van der Waals surface area (Å²) in [4.78, 5) is 0.801. The molecule has 0 bridgehead atoms. The molecule has 0 amide bonds. The first kappa shape index (κ1) is 15.6. The first-order valence-electron chi connectivity index (χ1n) is 6.06. The summed E-state index contributed by atoms with van der Waals surface area (Å²) in [7, 11) is 0. The number of hydrogen-bond donors (Lipinski definition) is 2. The average Bonchev–Trinajstić information content (AvgIpc) is 2.25. The van der Waals surface area contributed by atoms with Crippen LogP contribution in [0.25, 0.3) is 0 Å². The van der Waals surface area contributed by atoms with Crippen molar-refractivity contribution in [2.24, 2.45) is 0 Å². The number of hydrogen-bond acceptors (Lipinski definition) is 3.